The Bertz CT molecular complexity index is 361. The number of aryl methyl sites for hydroxylation is 1. The highest BCUT2D eigenvalue weighted by Crippen LogP contribution is 2.12. The minimum atomic E-state index is 0.708. The Balaban J connectivity index is 3.06. The molecule has 1 aromatic carbocycles. The highest BCUT2D eigenvalue weighted by Gasteiger charge is 1.95. The SMILES string of the molecule is Cc1ccc(C#N)cc1C=CCBr. The van der Waals surface area contributed by atoms with Crippen molar-refractivity contribution in [3.05, 3.63) is 41.0 Å². The van der Waals surface area contributed by atoms with Gasteiger partial charge in [-0.15, -0.1) is 0 Å². The maximum Gasteiger partial charge on any atom is 0.0991 e. The molecule has 0 N–H and O–H groups in total. The third kappa shape index (κ3) is 2.71. The molecule has 0 saturated carbocycles. The molecule has 1 rings (SSSR count). The Labute approximate surface area is 86.8 Å². The number of nitrogens with zero attached hydrogens (tertiary/aromatic N) is 1. The van der Waals surface area contributed by atoms with E-state index in [0.29, 0.717) is 5.56 Å². The van der Waals surface area contributed by atoms with E-state index in [4.69, 9.17) is 5.26 Å². The average molecular weight is 236 g/mol. The van der Waals surface area contributed by atoms with Crippen molar-refractivity contribution in [2.24, 2.45) is 0 Å². The molecule has 0 heterocycles. The number of nitriles is 1. The summed E-state index contributed by atoms with van der Waals surface area (Å²) in [5.41, 5.74) is 3.01. The second-order valence-electron chi connectivity index (χ2n) is 2.74. The lowest BCUT2D eigenvalue weighted by Crippen LogP contribution is -1.82. The van der Waals surface area contributed by atoms with Crippen LogP contribution >= 0.6 is 15.9 Å². The molecule has 0 aliphatic carbocycles. The number of benzene rings is 1. The van der Waals surface area contributed by atoms with E-state index >= 15 is 0 Å². The Morgan fingerprint density at radius 3 is 2.92 bits per heavy atom. The molecule has 66 valence electrons. The first kappa shape index (κ1) is 10.0. The highest BCUT2D eigenvalue weighted by atomic mass is 79.9. The monoisotopic (exact) mass is 235 g/mol. The summed E-state index contributed by atoms with van der Waals surface area (Å²) < 4.78 is 0. The van der Waals surface area contributed by atoms with Gasteiger partial charge in [0.2, 0.25) is 0 Å². The van der Waals surface area contributed by atoms with Gasteiger partial charge in [-0.05, 0) is 30.2 Å². The van der Waals surface area contributed by atoms with E-state index in [0.717, 1.165) is 10.9 Å². The fourth-order valence-electron chi connectivity index (χ4n) is 1.06. The Morgan fingerprint density at radius 1 is 1.54 bits per heavy atom. The molecule has 0 aromatic heterocycles. The van der Waals surface area contributed by atoms with Gasteiger partial charge in [-0.2, -0.15) is 5.26 Å². The van der Waals surface area contributed by atoms with Crippen LogP contribution < -0.4 is 0 Å². The largest absolute Gasteiger partial charge is 0.192 e. The van der Waals surface area contributed by atoms with Crippen molar-refractivity contribution in [1.29, 1.82) is 5.26 Å². The molecule has 0 radical (unpaired) electrons. The van der Waals surface area contributed by atoms with Crippen LogP contribution in [0, 0.1) is 18.3 Å². The smallest absolute Gasteiger partial charge is 0.0991 e. The maximum atomic E-state index is 8.69. The summed E-state index contributed by atoms with van der Waals surface area (Å²) in [6.45, 7) is 2.04. The third-order valence-corrected chi connectivity index (χ3v) is 2.17. The first-order valence-corrected chi connectivity index (χ1v) is 5.13. The number of halogens is 1. The van der Waals surface area contributed by atoms with Gasteiger partial charge in [0.05, 0.1) is 11.6 Å². The van der Waals surface area contributed by atoms with Crippen molar-refractivity contribution in [1.82, 2.24) is 0 Å². The number of allylic oxidation sites excluding steroid dienone is 1. The van der Waals surface area contributed by atoms with E-state index < -0.39 is 0 Å². The molecule has 0 fully saturated rings. The van der Waals surface area contributed by atoms with Gasteiger partial charge in [0.15, 0.2) is 0 Å². The summed E-state index contributed by atoms with van der Waals surface area (Å²) in [6, 6.07) is 7.82. The summed E-state index contributed by atoms with van der Waals surface area (Å²) in [7, 11) is 0. The van der Waals surface area contributed by atoms with Crippen LogP contribution in [-0.4, -0.2) is 5.33 Å². The molecule has 0 amide bonds. The van der Waals surface area contributed by atoms with Gasteiger partial charge in [-0.25, -0.2) is 0 Å². The molecule has 0 aliphatic heterocycles. The normalized spacial score (nSPS) is 10.2. The summed E-state index contributed by atoms with van der Waals surface area (Å²) in [5.74, 6) is 0. The molecular formula is C11H10BrN. The molecule has 0 spiro atoms. The molecule has 0 saturated heterocycles. The minimum absolute atomic E-state index is 0.708. The van der Waals surface area contributed by atoms with Crippen LogP contribution in [0.5, 0.6) is 0 Å². The number of hydrogen-bond acceptors (Lipinski definition) is 1. The fraction of sp³-hybridized carbons (Fsp3) is 0.182. The second-order valence-corrected chi connectivity index (χ2v) is 3.39. The Hall–Kier alpha value is -1.07. The molecule has 0 bridgehead atoms. The number of rotatable bonds is 2. The van der Waals surface area contributed by atoms with E-state index in [1.165, 1.54) is 5.56 Å². The van der Waals surface area contributed by atoms with E-state index in [1.54, 1.807) is 0 Å². The molecule has 1 aromatic rings. The van der Waals surface area contributed by atoms with Crippen LogP contribution in [0.15, 0.2) is 24.3 Å². The first-order valence-electron chi connectivity index (χ1n) is 4.01. The number of alkyl halides is 1. The van der Waals surface area contributed by atoms with Gasteiger partial charge >= 0.3 is 0 Å². The standard InChI is InChI=1S/C11H10BrN/c1-9-4-5-10(8-13)7-11(9)3-2-6-12/h2-5,7H,6H2,1H3. The highest BCUT2D eigenvalue weighted by molar-refractivity contribution is 9.09. The Kier molecular flexibility index (Phi) is 3.72. The molecule has 2 heteroatoms. The molecular weight excluding hydrogens is 226 g/mol. The van der Waals surface area contributed by atoms with Gasteiger partial charge in [0.25, 0.3) is 0 Å². The van der Waals surface area contributed by atoms with Crippen molar-refractivity contribution >= 4 is 22.0 Å². The van der Waals surface area contributed by atoms with E-state index in [1.807, 2.05) is 37.3 Å². The first-order chi connectivity index (χ1) is 6.27. The lowest BCUT2D eigenvalue weighted by Gasteiger charge is -1.99. The van der Waals surface area contributed by atoms with E-state index in [9.17, 15) is 0 Å². The molecule has 0 unspecified atom stereocenters. The summed E-state index contributed by atoms with van der Waals surface area (Å²) in [5, 5.41) is 9.53. The maximum absolute atomic E-state index is 8.69. The van der Waals surface area contributed by atoms with Crippen LogP contribution in [0.1, 0.15) is 16.7 Å². The van der Waals surface area contributed by atoms with Crippen LogP contribution in [0.3, 0.4) is 0 Å². The lowest BCUT2D eigenvalue weighted by atomic mass is 10.1. The molecule has 13 heavy (non-hydrogen) atoms. The van der Waals surface area contributed by atoms with Crippen molar-refractivity contribution in [3.63, 3.8) is 0 Å². The molecule has 0 atom stereocenters. The van der Waals surface area contributed by atoms with Gasteiger partial charge in [-0.3, -0.25) is 0 Å². The van der Waals surface area contributed by atoms with Gasteiger partial charge < -0.3 is 0 Å². The van der Waals surface area contributed by atoms with E-state index in [2.05, 4.69) is 22.0 Å². The quantitative estimate of drug-likeness (QED) is 0.723. The second kappa shape index (κ2) is 4.84. The zero-order valence-corrected chi connectivity index (χ0v) is 9.01. The zero-order valence-electron chi connectivity index (χ0n) is 7.42. The topological polar surface area (TPSA) is 23.8 Å². The van der Waals surface area contributed by atoms with Crippen LogP contribution in [0.4, 0.5) is 0 Å². The van der Waals surface area contributed by atoms with Gasteiger partial charge in [0.1, 0.15) is 0 Å². The zero-order chi connectivity index (χ0) is 9.68. The van der Waals surface area contributed by atoms with E-state index in [-0.39, 0.29) is 0 Å². The van der Waals surface area contributed by atoms with Gasteiger partial charge in [0, 0.05) is 5.33 Å². The van der Waals surface area contributed by atoms with Gasteiger partial charge in [-0.1, -0.05) is 34.1 Å². The minimum Gasteiger partial charge on any atom is -0.192 e. The summed E-state index contributed by atoms with van der Waals surface area (Å²) in [6.07, 6.45) is 4.04. The van der Waals surface area contributed by atoms with Crippen molar-refractivity contribution < 1.29 is 0 Å². The van der Waals surface area contributed by atoms with Crippen LogP contribution in [-0.2, 0) is 0 Å². The molecule has 0 aliphatic rings. The predicted molar refractivity (Wildman–Crippen MR) is 58.7 cm³/mol. The van der Waals surface area contributed by atoms with Crippen molar-refractivity contribution in [3.8, 4) is 6.07 Å². The van der Waals surface area contributed by atoms with Crippen LogP contribution in [0.25, 0.3) is 6.08 Å². The average Bonchev–Trinajstić information content (AvgIpc) is 2.17. The van der Waals surface area contributed by atoms with Crippen LogP contribution in [0.2, 0.25) is 0 Å². The fourth-order valence-corrected chi connectivity index (χ4v) is 1.25. The Morgan fingerprint density at radius 2 is 2.31 bits per heavy atom. The predicted octanol–water partition coefficient (Wildman–Crippen LogP) is 3.27. The lowest BCUT2D eigenvalue weighted by molar-refractivity contribution is 1.41. The molecule has 1 nitrogen and oxygen atoms in total. The van der Waals surface area contributed by atoms with Crippen molar-refractivity contribution in [2.75, 3.05) is 5.33 Å². The summed E-state index contributed by atoms with van der Waals surface area (Å²) >= 11 is 3.32. The summed E-state index contributed by atoms with van der Waals surface area (Å²) in [4.78, 5) is 0. The third-order valence-electron chi connectivity index (χ3n) is 1.79. The van der Waals surface area contributed by atoms with Crippen molar-refractivity contribution in [2.45, 2.75) is 6.92 Å². The number of hydrogen-bond donors (Lipinski definition) is 0.